The quantitative estimate of drug-likeness (QED) is 0.459. The fourth-order valence-electron chi connectivity index (χ4n) is 4.57. The fourth-order valence-corrected chi connectivity index (χ4v) is 5.30. The molecule has 4 heteroatoms. The van der Waals surface area contributed by atoms with E-state index in [9.17, 15) is 4.79 Å². The van der Waals surface area contributed by atoms with Crippen molar-refractivity contribution in [2.45, 2.75) is 56.1 Å². The molecule has 1 spiro atoms. The number of fused-ring (bicyclic) bond motifs is 4. The number of allylic oxidation sites excluding steroid dienone is 1. The lowest BCUT2D eigenvalue weighted by atomic mass is 9.68. The van der Waals surface area contributed by atoms with E-state index in [-0.39, 0.29) is 11.0 Å². The lowest BCUT2D eigenvalue weighted by molar-refractivity contribution is 0.418. The first-order valence-corrected chi connectivity index (χ1v) is 10.2. The number of thioether (sulfide) groups is 1. The number of aromatic nitrogens is 2. The Morgan fingerprint density at radius 1 is 1.32 bits per heavy atom. The van der Waals surface area contributed by atoms with Gasteiger partial charge in [0, 0.05) is 17.5 Å². The Kier molecular flexibility index (Phi) is 4.32. The van der Waals surface area contributed by atoms with Crippen LogP contribution in [0.25, 0.3) is 11.3 Å². The van der Waals surface area contributed by atoms with Crippen molar-refractivity contribution in [3.63, 3.8) is 0 Å². The average molecular weight is 353 g/mol. The summed E-state index contributed by atoms with van der Waals surface area (Å²) in [5.41, 5.74) is 4.52. The van der Waals surface area contributed by atoms with E-state index >= 15 is 0 Å². The van der Waals surface area contributed by atoms with Crippen LogP contribution in [0.2, 0.25) is 0 Å². The van der Waals surface area contributed by atoms with E-state index in [0.29, 0.717) is 6.54 Å². The summed E-state index contributed by atoms with van der Waals surface area (Å²) in [4.78, 5) is 18.6. The zero-order chi connectivity index (χ0) is 17.4. The van der Waals surface area contributed by atoms with E-state index < -0.39 is 0 Å². The molecule has 3 nitrogen and oxygen atoms in total. The number of hydrogen-bond donors (Lipinski definition) is 0. The highest BCUT2D eigenvalue weighted by Gasteiger charge is 2.44. The molecule has 1 aromatic heterocycles. The minimum Gasteiger partial charge on any atom is -0.283 e. The summed E-state index contributed by atoms with van der Waals surface area (Å²) in [6.07, 6.45) is 7.37. The zero-order valence-electron chi connectivity index (χ0n) is 14.8. The van der Waals surface area contributed by atoms with Crippen LogP contribution >= 0.6 is 11.8 Å². The molecule has 130 valence electrons. The van der Waals surface area contributed by atoms with Crippen molar-refractivity contribution >= 4 is 11.8 Å². The first-order chi connectivity index (χ1) is 12.2. The number of benzene rings is 1. The molecular weight excluding hydrogens is 328 g/mol. The monoisotopic (exact) mass is 352 g/mol. The summed E-state index contributed by atoms with van der Waals surface area (Å²) < 4.78 is 1.83. The third kappa shape index (κ3) is 2.58. The Labute approximate surface area is 153 Å². The van der Waals surface area contributed by atoms with Crippen molar-refractivity contribution in [1.29, 1.82) is 0 Å². The molecule has 0 saturated heterocycles. The maximum atomic E-state index is 13.5. The maximum absolute atomic E-state index is 13.5. The SMILES string of the molecule is C=CCn1c(SCC)nc2c(c1=O)C1(CCCC1)Cc1ccccc1-2. The molecule has 0 N–H and O–H groups in total. The van der Waals surface area contributed by atoms with Crippen LogP contribution in [0.4, 0.5) is 0 Å². The minimum absolute atomic E-state index is 0.0217. The fraction of sp³-hybridized carbons (Fsp3) is 0.429. The van der Waals surface area contributed by atoms with Gasteiger partial charge in [0.05, 0.1) is 11.3 Å². The summed E-state index contributed by atoms with van der Waals surface area (Å²) >= 11 is 1.64. The third-order valence-electron chi connectivity index (χ3n) is 5.61. The second-order valence-corrected chi connectivity index (χ2v) is 8.31. The van der Waals surface area contributed by atoms with Crippen molar-refractivity contribution in [3.05, 3.63) is 58.4 Å². The first kappa shape index (κ1) is 16.6. The number of hydrogen-bond acceptors (Lipinski definition) is 3. The van der Waals surface area contributed by atoms with Gasteiger partial charge in [0.2, 0.25) is 0 Å². The van der Waals surface area contributed by atoms with Gasteiger partial charge in [0.1, 0.15) is 0 Å². The minimum atomic E-state index is -0.0217. The van der Waals surface area contributed by atoms with Gasteiger partial charge in [0.15, 0.2) is 5.16 Å². The van der Waals surface area contributed by atoms with Crippen LogP contribution in [0.15, 0.2) is 46.9 Å². The molecule has 1 heterocycles. The van der Waals surface area contributed by atoms with Crippen LogP contribution in [0.5, 0.6) is 0 Å². The number of nitrogens with zero attached hydrogens (tertiary/aromatic N) is 2. The molecule has 25 heavy (non-hydrogen) atoms. The summed E-state index contributed by atoms with van der Waals surface area (Å²) in [5, 5.41) is 0.816. The molecule has 1 fully saturated rings. The van der Waals surface area contributed by atoms with Gasteiger partial charge in [-0.3, -0.25) is 9.36 Å². The Hall–Kier alpha value is -1.81. The highest BCUT2D eigenvalue weighted by atomic mass is 32.2. The van der Waals surface area contributed by atoms with Gasteiger partial charge < -0.3 is 0 Å². The normalized spacial score (nSPS) is 17.3. The van der Waals surface area contributed by atoms with E-state index in [1.807, 2.05) is 4.57 Å². The van der Waals surface area contributed by atoms with Gasteiger partial charge in [-0.2, -0.15) is 0 Å². The van der Waals surface area contributed by atoms with Crippen LogP contribution in [0, 0.1) is 0 Å². The average Bonchev–Trinajstić information content (AvgIpc) is 3.07. The third-order valence-corrected chi connectivity index (χ3v) is 6.47. The second kappa shape index (κ2) is 6.49. The van der Waals surface area contributed by atoms with Crippen molar-refractivity contribution in [2.24, 2.45) is 0 Å². The summed E-state index contributed by atoms with van der Waals surface area (Å²) in [6, 6.07) is 8.49. The maximum Gasteiger partial charge on any atom is 0.258 e. The van der Waals surface area contributed by atoms with Crippen LogP contribution in [-0.2, 0) is 18.4 Å². The van der Waals surface area contributed by atoms with Gasteiger partial charge in [-0.25, -0.2) is 4.98 Å². The largest absolute Gasteiger partial charge is 0.283 e. The van der Waals surface area contributed by atoms with E-state index in [0.717, 1.165) is 47.0 Å². The smallest absolute Gasteiger partial charge is 0.258 e. The Bertz CT molecular complexity index is 878. The molecule has 2 aliphatic carbocycles. The molecule has 0 atom stereocenters. The van der Waals surface area contributed by atoms with Crippen molar-refractivity contribution in [2.75, 3.05) is 5.75 Å². The molecule has 2 aromatic rings. The van der Waals surface area contributed by atoms with Crippen LogP contribution in [0.1, 0.15) is 43.7 Å². The standard InChI is InChI=1S/C21H24N2OS/c1-3-13-23-19(24)17-18(22-20(23)25-4-2)16-10-6-5-9-15(16)14-21(17)11-7-8-12-21/h3,5-6,9-10H,1,4,7-8,11-14H2,2H3. The lowest BCUT2D eigenvalue weighted by Crippen LogP contribution is -2.40. The summed E-state index contributed by atoms with van der Waals surface area (Å²) in [5.74, 6) is 0.898. The molecule has 1 saturated carbocycles. The van der Waals surface area contributed by atoms with Gasteiger partial charge in [-0.15, -0.1) is 6.58 Å². The van der Waals surface area contributed by atoms with Gasteiger partial charge in [-0.1, -0.05) is 61.9 Å². The second-order valence-electron chi connectivity index (χ2n) is 7.08. The topological polar surface area (TPSA) is 34.9 Å². The molecule has 4 rings (SSSR count). The summed E-state index contributed by atoms with van der Waals surface area (Å²) in [6.45, 7) is 6.46. The van der Waals surface area contributed by atoms with E-state index in [1.54, 1.807) is 17.8 Å². The van der Waals surface area contributed by atoms with Gasteiger partial charge >= 0.3 is 0 Å². The highest BCUT2D eigenvalue weighted by Crippen LogP contribution is 2.49. The summed E-state index contributed by atoms with van der Waals surface area (Å²) in [7, 11) is 0. The van der Waals surface area contributed by atoms with Crippen molar-refractivity contribution in [1.82, 2.24) is 9.55 Å². The molecule has 0 bridgehead atoms. The van der Waals surface area contributed by atoms with Crippen LogP contribution < -0.4 is 5.56 Å². The van der Waals surface area contributed by atoms with Gasteiger partial charge in [0.25, 0.3) is 5.56 Å². The van der Waals surface area contributed by atoms with E-state index in [4.69, 9.17) is 4.98 Å². The molecule has 1 aromatic carbocycles. The van der Waals surface area contributed by atoms with E-state index in [2.05, 4.69) is 37.8 Å². The lowest BCUT2D eigenvalue weighted by Gasteiger charge is -2.36. The van der Waals surface area contributed by atoms with E-state index in [1.165, 1.54) is 18.4 Å². The molecule has 0 radical (unpaired) electrons. The predicted molar refractivity (Wildman–Crippen MR) is 104 cm³/mol. The number of rotatable bonds is 4. The Morgan fingerprint density at radius 2 is 2.08 bits per heavy atom. The Balaban J connectivity index is 2.04. The van der Waals surface area contributed by atoms with Crippen molar-refractivity contribution < 1.29 is 0 Å². The molecule has 0 aliphatic heterocycles. The molecular formula is C21H24N2OS. The van der Waals surface area contributed by atoms with Crippen LogP contribution in [0.3, 0.4) is 0 Å². The Morgan fingerprint density at radius 3 is 2.80 bits per heavy atom. The van der Waals surface area contributed by atoms with Crippen LogP contribution in [-0.4, -0.2) is 15.3 Å². The predicted octanol–water partition coefficient (Wildman–Crippen LogP) is 4.58. The van der Waals surface area contributed by atoms with Crippen molar-refractivity contribution in [3.8, 4) is 11.3 Å². The molecule has 0 unspecified atom stereocenters. The zero-order valence-corrected chi connectivity index (χ0v) is 15.6. The van der Waals surface area contributed by atoms with Gasteiger partial charge in [-0.05, 0) is 30.6 Å². The highest BCUT2D eigenvalue weighted by molar-refractivity contribution is 7.99. The first-order valence-electron chi connectivity index (χ1n) is 9.17. The molecule has 0 amide bonds. The molecule has 2 aliphatic rings.